The minimum absolute atomic E-state index is 0.0846. The van der Waals surface area contributed by atoms with Crippen molar-refractivity contribution in [2.45, 2.75) is 6.92 Å². The Hall–Kier alpha value is -3.93. The van der Waals surface area contributed by atoms with E-state index in [0.29, 0.717) is 26.2 Å². The Morgan fingerprint density at radius 2 is 1.47 bits per heavy atom. The predicted molar refractivity (Wildman–Crippen MR) is 126 cm³/mol. The Labute approximate surface area is 186 Å². The second kappa shape index (κ2) is 8.30. The first-order chi connectivity index (χ1) is 15.6. The number of aryl methyl sites for hydroxylation is 1. The van der Waals surface area contributed by atoms with Gasteiger partial charge in [-0.3, -0.25) is 4.79 Å². The number of hydrogen-bond donors (Lipinski definition) is 1. The van der Waals surface area contributed by atoms with Crippen LogP contribution in [0.4, 0.5) is 5.82 Å². The summed E-state index contributed by atoms with van der Waals surface area (Å²) in [6, 6.07) is 22.9. The summed E-state index contributed by atoms with van der Waals surface area (Å²) in [5.74, 6) is 1.15. The molecule has 1 aromatic heterocycles. The lowest BCUT2D eigenvalue weighted by molar-refractivity contribution is 0.0746. The average molecular weight is 425 g/mol. The molecular formula is C26H24N4O2. The van der Waals surface area contributed by atoms with Gasteiger partial charge in [-0.1, -0.05) is 42.5 Å². The van der Waals surface area contributed by atoms with Gasteiger partial charge < -0.3 is 14.9 Å². The van der Waals surface area contributed by atoms with Crippen LogP contribution in [-0.4, -0.2) is 52.3 Å². The summed E-state index contributed by atoms with van der Waals surface area (Å²) < 4.78 is 0. The number of aromatic nitrogens is 2. The number of piperazine rings is 1. The number of carbonyl (C=O) groups excluding carboxylic acids is 1. The van der Waals surface area contributed by atoms with E-state index in [2.05, 4.69) is 21.2 Å². The van der Waals surface area contributed by atoms with Crippen molar-refractivity contribution < 1.29 is 9.90 Å². The van der Waals surface area contributed by atoms with Crippen molar-refractivity contribution in [3.8, 4) is 17.0 Å². The molecule has 5 rings (SSSR count). The lowest BCUT2D eigenvalue weighted by atomic mass is 10.0. The second-order valence-electron chi connectivity index (χ2n) is 8.06. The van der Waals surface area contributed by atoms with Crippen molar-refractivity contribution in [2.24, 2.45) is 0 Å². The number of amides is 1. The van der Waals surface area contributed by atoms with Crippen LogP contribution in [0.3, 0.4) is 0 Å². The molecule has 1 aliphatic rings. The number of benzene rings is 3. The Balaban J connectivity index is 1.41. The highest BCUT2D eigenvalue weighted by Gasteiger charge is 2.25. The highest BCUT2D eigenvalue weighted by atomic mass is 16.3. The Bertz CT molecular complexity index is 1280. The maximum absolute atomic E-state index is 13.0. The third-order valence-corrected chi connectivity index (χ3v) is 6.05. The maximum Gasteiger partial charge on any atom is 0.254 e. The van der Waals surface area contributed by atoms with Gasteiger partial charge in [-0.2, -0.15) is 0 Å². The number of rotatable bonds is 3. The zero-order valence-electron chi connectivity index (χ0n) is 17.9. The van der Waals surface area contributed by atoms with Crippen molar-refractivity contribution in [3.05, 3.63) is 83.9 Å². The van der Waals surface area contributed by atoms with Crippen molar-refractivity contribution >= 4 is 22.5 Å². The third-order valence-electron chi connectivity index (χ3n) is 6.05. The summed E-state index contributed by atoms with van der Waals surface area (Å²) in [7, 11) is 0. The minimum atomic E-state index is 0.0846. The summed E-state index contributed by atoms with van der Waals surface area (Å²) in [4.78, 5) is 17.1. The monoisotopic (exact) mass is 424 g/mol. The quantitative estimate of drug-likeness (QED) is 0.532. The topological polar surface area (TPSA) is 69.6 Å². The SMILES string of the molecule is Cc1ccccc1C(=O)N1CCN(c2nnc(-c3ccc(O)cc3)c3ccccc23)CC1. The molecule has 0 atom stereocenters. The van der Waals surface area contributed by atoms with E-state index in [1.54, 1.807) is 12.1 Å². The number of carbonyl (C=O) groups is 1. The van der Waals surface area contributed by atoms with Crippen molar-refractivity contribution in [1.82, 2.24) is 15.1 Å². The van der Waals surface area contributed by atoms with Crippen molar-refractivity contribution in [3.63, 3.8) is 0 Å². The summed E-state index contributed by atoms with van der Waals surface area (Å²) in [6.07, 6.45) is 0. The van der Waals surface area contributed by atoms with E-state index < -0.39 is 0 Å². The number of anilines is 1. The minimum Gasteiger partial charge on any atom is -0.508 e. The van der Waals surface area contributed by atoms with Gasteiger partial charge in [0.25, 0.3) is 5.91 Å². The van der Waals surface area contributed by atoms with Crippen LogP contribution in [0, 0.1) is 6.92 Å². The molecular weight excluding hydrogens is 400 g/mol. The molecule has 1 N–H and O–H groups in total. The number of aromatic hydroxyl groups is 1. The highest BCUT2D eigenvalue weighted by molar-refractivity contribution is 6.00. The fraction of sp³-hybridized carbons (Fsp3) is 0.192. The van der Waals surface area contributed by atoms with Crippen molar-refractivity contribution in [1.29, 1.82) is 0 Å². The van der Waals surface area contributed by atoms with Crippen LogP contribution in [0.1, 0.15) is 15.9 Å². The van der Waals surface area contributed by atoms with Gasteiger partial charge in [-0.05, 0) is 42.8 Å². The molecule has 1 amide bonds. The lowest BCUT2D eigenvalue weighted by Crippen LogP contribution is -2.49. The molecule has 4 aromatic rings. The summed E-state index contributed by atoms with van der Waals surface area (Å²) >= 11 is 0. The van der Waals surface area contributed by atoms with Gasteiger partial charge in [0.05, 0.1) is 0 Å². The molecule has 6 heteroatoms. The number of phenols is 1. The molecule has 0 saturated carbocycles. The van der Waals surface area contributed by atoms with E-state index in [1.165, 1.54) is 0 Å². The zero-order chi connectivity index (χ0) is 22.1. The molecule has 1 saturated heterocycles. The molecule has 0 unspecified atom stereocenters. The molecule has 1 aliphatic heterocycles. The Kier molecular flexibility index (Phi) is 5.19. The van der Waals surface area contributed by atoms with Gasteiger partial charge in [0, 0.05) is 48.1 Å². The van der Waals surface area contributed by atoms with Crippen LogP contribution in [0.5, 0.6) is 5.75 Å². The van der Waals surface area contributed by atoms with Crippen LogP contribution in [-0.2, 0) is 0 Å². The summed E-state index contributed by atoms with van der Waals surface area (Å²) in [6.45, 7) is 4.66. The van der Waals surface area contributed by atoms with Gasteiger partial charge in [-0.25, -0.2) is 0 Å². The Morgan fingerprint density at radius 1 is 0.812 bits per heavy atom. The summed E-state index contributed by atoms with van der Waals surface area (Å²) in [5, 5.41) is 20.8. The van der Waals surface area contributed by atoms with E-state index in [4.69, 9.17) is 0 Å². The number of nitrogens with zero attached hydrogens (tertiary/aromatic N) is 4. The van der Waals surface area contributed by atoms with E-state index in [-0.39, 0.29) is 11.7 Å². The van der Waals surface area contributed by atoms with Crippen molar-refractivity contribution in [2.75, 3.05) is 31.1 Å². The molecule has 32 heavy (non-hydrogen) atoms. The molecule has 3 aromatic carbocycles. The van der Waals surface area contributed by atoms with Gasteiger partial charge in [0.15, 0.2) is 5.82 Å². The lowest BCUT2D eigenvalue weighted by Gasteiger charge is -2.36. The van der Waals surface area contributed by atoms with E-state index in [1.807, 2.05) is 66.4 Å². The predicted octanol–water partition coefficient (Wildman–Crippen LogP) is 4.27. The van der Waals surface area contributed by atoms with E-state index in [9.17, 15) is 9.90 Å². The van der Waals surface area contributed by atoms with Gasteiger partial charge >= 0.3 is 0 Å². The van der Waals surface area contributed by atoms with E-state index >= 15 is 0 Å². The molecule has 0 radical (unpaired) electrons. The fourth-order valence-corrected chi connectivity index (χ4v) is 4.26. The normalized spacial score (nSPS) is 14.0. The first-order valence-corrected chi connectivity index (χ1v) is 10.8. The average Bonchev–Trinajstić information content (AvgIpc) is 2.84. The highest BCUT2D eigenvalue weighted by Crippen LogP contribution is 2.32. The molecule has 0 spiro atoms. The summed E-state index contributed by atoms with van der Waals surface area (Å²) in [5.41, 5.74) is 3.47. The smallest absolute Gasteiger partial charge is 0.254 e. The second-order valence-corrected chi connectivity index (χ2v) is 8.06. The van der Waals surface area contributed by atoms with Gasteiger partial charge in [-0.15, -0.1) is 10.2 Å². The number of phenolic OH excluding ortho intramolecular Hbond substituents is 1. The Morgan fingerprint density at radius 3 is 2.19 bits per heavy atom. The third kappa shape index (κ3) is 3.64. The van der Waals surface area contributed by atoms with Gasteiger partial charge in [0.1, 0.15) is 11.4 Å². The first kappa shape index (κ1) is 20.0. The van der Waals surface area contributed by atoms with E-state index in [0.717, 1.165) is 39.0 Å². The van der Waals surface area contributed by atoms with Crippen LogP contribution in [0.2, 0.25) is 0 Å². The number of hydrogen-bond acceptors (Lipinski definition) is 5. The molecule has 0 bridgehead atoms. The van der Waals surface area contributed by atoms with Gasteiger partial charge in [0.2, 0.25) is 0 Å². The fourth-order valence-electron chi connectivity index (χ4n) is 4.26. The zero-order valence-corrected chi connectivity index (χ0v) is 17.9. The molecule has 160 valence electrons. The molecule has 1 fully saturated rings. The molecule has 0 aliphatic carbocycles. The van der Waals surface area contributed by atoms with Crippen LogP contribution in [0.25, 0.3) is 22.0 Å². The number of fused-ring (bicyclic) bond motifs is 1. The first-order valence-electron chi connectivity index (χ1n) is 10.8. The van der Waals surface area contributed by atoms with Crippen LogP contribution < -0.4 is 4.90 Å². The molecule has 2 heterocycles. The van der Waals surface area contributed by atoms with Crippen LogP contribution >= 0.6 is 0 Å². The largest absolute Gasteiger partial charge is 0.508 e. The maximum atomic E-state index is 13.0. The van der Waals surface area contributed by atoms with Crippen LogP contribution in [0.15, 0.2) is 72.8 Å². The molecule has 6 nitrogen and oxygen atoms in total. The standard InChI is InChI=1S/C26H24N4O2/c1-18-6-2-3-7-21(18)26(32)30-16-14-29(15-17-30)25-23-9-5-4-8-22(23)24(27-28-25)19-10-12-20(31)13-11-19/h2-13,31H,14-17H2,1H3.